The van der Waals surface area contributed by atoms with E-state index in [1.165, 1.54) is 24.5 Å². The van der Waals surface area contributed by atoms with Crippen molar-refractivity contribution in [2.24, 2.45) is 0 Å². The lowest BCUT2D eigenvalue weighted by molar-refractivity contribution is -0.116. The number of ether oxygens (including phenoxy) is 1. The average Bonchev–Trinajstić information content (AvgIpc) is 3.51. The highest BCUT2D eigenvalue weighted by molar-refractivity contribution is 7.92. The van der Waals surface area contributed by atoms with Gasteiger partial charge in [-0.15, -0.1) is 0 Å². The van der Waals surface area contributed by atoms with Gasteiger partial charge in [-0.05, 0) is 48.2 Å². The first kappa shape index (κ1) is 23.5. The van der Waals surface area contributed by atoms with Crippen LogP contribution in [0, 0.1) is 6.92 Å². The van der Waals surface area contributed by atoms with Gasteiger partial charge in [0.2, 0.25) is 17.6 Å². The second kappa shape index (κ2) is 10.1. The van der Waals surface area contributed by atoms with Crippen molar-refractivity contribution in [3.63, 3.8) is 0 Å². The van der Waals surface area contributed by atoms with Crippen molar-refractivity contribution in [3.05, 3.63) is 70.7 Å². The molecule has 0 radical (unpaired) electrons. The van der Waals surface area contributed by atoms with E-state index in [4.69, 9.17) is 9.26 Å². The van der Waals surface area contributed by atoms with Gasteiger partial charge >= 0.3 is 0 Å². The maximum absolute atomic E-state index is 13.0. The minimum Gasteiger partial charge on any atom is -0.495 e. The number of amides is 1. The number of nitrogens with zero attached hydrogens (tertiary/aromatic N) is 2. The molecule has 2 aromatic carbocycles. The average molecular weight is 499 g/mol. The van der Waals surface area contributed by atoms with Crippen LogP contribution < -0.4 is 14.8 Å². The van der Waals surface area contributed by atoms with Crippen molar-refractivity contribution >= 4 is 38.6 Å². The maximum Gasteiger partial charge on any atom is 0.262 e. The van der Waals surface area contributed by atoms with Crippen LogP contribution in [0.2, 0.25) is 0 Å². The number of methoxy groups -OCH3 is 1. The lowest BCUT2D eigenvalue weighted by Gasteiger charge is -2.14. The van der Waals surface area contributed by atoms with Gasteiger partial charge in [0.1, 0.15) is 5.75 Å². The van der Waals surface area contributed by atoms with E-state index in [-0.39, 0.29) is 23.6 Å². The third kappa shape index (κ3) is 5.43. The molecule has 9 nitrogen and oxygen atoms in total. The Bertz CT molecular complexity index is 1400. The zero-order chi connectivity index (χ0) is 24.1. The summed E-state index contributed by atoms with van der Waals surface area (Å²) in [6, 6.07) is 13.3. The van der Waals surface area contributed by atoms with Crippen LogP contribution >= 0.6 is 11.3 Å². The van der Waals surface area contributed by atoms with Crippen molar-refractivity contribution in [2.45, 2.75) is 24.7 Å². The normalized spacial score (nSPS) is 11.2. The number of anilines is 2. The molecular formula is C23H22N4O5S2. The quantitative estimate of drug-likeness (QED) is 0.348. The van der Waals surface area contributed by atoms with Crippen molar-refractivity contribution in [2.75, 3.05) is 17.1 Å². The summed E-state index contributed by atoms with van der Waals surface area (Å²) in [6.07, 6.45) is 0.357. The molecule has 0 bridgehead atoms. The fraction of sp³-hybridized carbons (Fsp3) is 0.174. The zero-order valence-corrected chi connectivity index (χ0v) is 20.1. The first-order chi connectivity index (χ1) is 16.4. The van der Waals surface area contributed by atoms with Crippen LogP contribution in [0.1, 0.15) is 17.9 Å². The molecule has 1 amide bonds. The monoisotopic (exact) mass is 498 g/mol. The van der Waals surface area contributed by atoms with Gasteiger partial charge in [0.25, 0.3) is 10.0 Å². The number of carbonyl (C=O) groups excluding carboxylic acids is 1. The van der Waals surface area contributed by atoms with Gasteiger partial charge in [-0.25, -0.2) is 8.42 Å². The number of sulfonamides is 1. The maximum atomic E-state index is 13.0. The molecular weight excluding hydrogens is 476 g/mol. The molecule has 4 rings (SSSR count). The number of aromatic nitrogens is 2. The first-order valence-corrected chi connectivity index (χ1v) is 12.7. The summed E-state index contributed by atoms with van der Waals surface area (Å²) in [5.74, 6) is 0.925. The molecule has 0 aliphatic carbocycles. The Morgan fingerprint density at radius 2 is 2.00 bits per heavy atom. The zero-order valence-electron chi connectivity index (χ0n) is 18.4. The Kier molecular flexibility index (Phi) is 6.94. The van der Waals surface area contributed by atoms with Crippen LogP contribution in [0.25, 0.3) is 11.4 Å². The highest BCUT2D eigenvalue weighted by Crippen LogP contribution is 2.28. The van der Waals surface area contributed by atoms with E-state index in [0.29, 0.717) is 34.4 Å². The summed E-state index contributed by atoms with van der Waals surface area (Å²) in [5, 5.41) is 10.5. The Balaban J connectivity index is 1.43. The van der Waals surface area contributed by atoms with E-state index in [0.717, 1.165) is 5.56 Å². The van der Waals surface area contributed by atoms with Crippen molar-refractivity contribution in [3.8, 4) is 17.1 Å². The second-order valence-electron chi connectivity index (χ2n) is 7.36. The summed E-state index contributed by atoms with van der Waals surface area (Å²) in [7, 11) is -2.46. The lowest BCUT2D eigenvalue weighted by Crippen LogP contribution is -2.16. The Labute approximate surface area is 200 Å². The van der Waals surface area contributed by atoms with Crippen molar-refractivity contribution < 1.29 is 22.5 Å². The van der Waals surface area contributed by atoms with Gasteiger partial charge in [-0.3, -0.25) is 9.52 Å². The summed E-state index contributed by atoms with van der Waals surface area (Å²) >= 11 is 1.53. The molecule has 0 aliphatic rings. The molecule has 2 aromatic heterocycles. The number of para-hydroxylation sites is 2. The van der Waals surface area contributed by atoms with Gasteiger partial charge in [0.15, 0.2) is 0 Å². The molecule has 176 valence electrons. The predicted octanol–water partition coefficient (Wildman–Crippen LogP) is 4.49. The van der Waals surface area contributed by atoms with Gasteiger partial charge in [-0.1, -0.05) is 23.4 Å². The fourth-order valence-corrected chi connectivity index (χ4v) is 5.18. The molecule has 34 heavy (non-hydrogen) atoms. The smallest absolute Gasteiger partial charge is 0.262 e. The number of benzene rings is 2. The van der Waals surface area contributed by atoms with Crippen LogP contribution in [-0.4, -0.2) is 31.6 Å². The number of carbonyl (C=O) groups is 1. The molecule has 0 fully saturated rings. The Morgan fingerprint density at radius 1 is 1.18 bits per heavy atom. The molecule has 0 atom stereocenters. The molecule has 0 saturated heterocycles. The van der Waals surface area contributed by atoms with Gasteiger partial charge in [0, 0.05) is 29.5 Å². The lowest BCUT2D eigenvalue weighted by atomic mass is 10.2. The molecule has 0 saturated carbocycles. The van der Waals surface area contributed by atoms with Crippen LogP contribution in [0.5, 0.6) is 5.75 Å². The SMILES string of the molecule is COc1ccccc1NS(=O)(=O)c1cc(NC(=O)CCc2nc(-c3ccsc3)no2)ccc1C. The number of nitrogens with one attached hydrogen (secondary N) is 2. The summed E-state index contributed by atoms with van der Waals surface area (Å²) < 4.78 is 39.0. The molecule has 2 N–H and O–H groups in total. The third-order valence-electron chi connectivity index (χ3n) is 4.93. The fourth-order valence-electron chi connectivity index (χ4n) is 3.21. The van der Waals surface area contributed by atoms with Gasteiger partial charge < -0.3 is 14.6 Å². The molecule has 0 aliphatic heterocycles. The number of thiophene rings is 1. The molecule has 0 unspecified atom stereocenters. The highest BCUT2D eigenvalue weighted by Gasteiger charge is 2.20. The number of aryl methyl sites for hydroxylation is 2. The van der Waals surface area contributed by atoms with E-state index in [9.17, 15) is 13.2 Å². The standard InChI is InChI=1S/C23H22N4O5S2/c1-15-7-8-17(13-20(15)34(29,30)27-18-5-3-4-6-19(18)31-2)24-21(28)9-10-22-25-23(26-32-22)16-11-12-33-14-16/h3-8,11-14,27H,9-10H2,1-2H3,(H,24,28). The van der Waals surface area contributed by atoms with E-state index >= 15 is 0 Å². The van der Waals surface area contributed by atoms with Crippen LogP contribution in [0.15, 0.2) is 68.7 Å². The van der Waals surface area contributed by atoms with Crippen LogP contribution in [0.4, 0.5) is 11.4 Å². The minimum atomic E-state index is -3.92. The summed E-state index contributed by atoms with van der Waals surface area (Å²) in [5.41, 5.74) is 2.08. The largest absolute Gasteiger partial charge is 0.495 e. The van der Waals surface area contributed by atoms with Crippen molar-refractivity contribution in [1.29, 1.82) is 0 Å². The predicted molar refractivity (Wildman–Crippen MR) is 130 cm³/mol. The first-order valence-electron chi connectivity index (χ1n) is 10.3. The van der Waals surface area contributed by atoms with E-state index in [1.54, 1.807) is 43.3 Å². The van der Waals surface area contributed by atoms with Gasteiger partial charge in [0.05, 0.1) is 17.7 Å². The molecule has 2 heterocycles. The Hall–Kier alpha value is -3.70. The number of rotatable bonds is 9. The van der Waals surface area contributed by atoms with E-state index < -0.39 is 10.0 Å². The Morgan fingerprint density at radius 3 is 2.76 bits per heavy atom. The molecule has 11 heteroatoms. The van der Waals surface area contributed by atoms with E-state index in [1.807, 2.05) is 16.8 Å². The van der Waals surface area contributed by atoms with Crippen LogP contribution in [-0.2, 0) is 21.2 Å². The minimum absolute atomic E-state index is 0.0495. The number of hydrogen-bond acceptors (Lipinski definition) is 8. The van der Waals surface area contributed by atoms with Gasteiger partial charge in [-0.2, -0.15) is 16.3 Å². The highest BCUT2D eigenvalue weighted by atomic mass is 32.2. The van der Waals surface area contributed by atoms with Crippen LogP contribution in [0.3, 0.4) is 0 Å². The van der Waals surface area contributed by atoms with E-state index in [2.05, 4.69) is 20.2 Å². The summed E-state index contributed by atoms with van der Waals surface area (Å²) in [6.45, 7) is 1.68. The van der Waals surface area contributed by atoms with Crippen molar-refractivity contribution in [1.82, 2.24) is 10.1 Å². The second-order valence-corrected chi connectivity index (χ2v) is 9.79. The molecule has 4 aromatic rings. The topological polar surface area (TPSA) is 123 Å². The molecule has 0 spiro atoms. The number of hydrogen-bond donors (Lipinski definition) is 2. The third-order valence-corrected chi connectivity index (χ3v) is 7.12. The summed E-state index contributed by atoms with van der Waals surface area (Å²) in [4.78, 5) is 16.8.